The molecule has 3 heteroatoms. The average molecular weight is 266 g/mol. The van der Waals surface area contributed by atoms with Crippen LogP contribution < -0.4 is 10.2 Å². The van der Waals surface area contributed by atoms with Crippen LogP contribution in [0.25, 0.3) is 0 Å². The lowest BCUT2D eigenvalue weighted by molar-refractivity contribution is 0.537. The van der Waals surface area contributed by atoms with Crippen LogP contribution in [-0.2, 0) is 6.54 Å². The Bertz CT molecular complexity index is 322. The van der Waals surface area contributed by atoms with Gasteiger partial charge in [-0.05, 0) is 42.5 Å². The van der Waals surface area contributed by atoms with Crippen LogP contribution in [0.1, 0.15) is 25.8 Å². The van der Waals surface area contributed by atoms with E-state index in [4.69, 9.17) is 0 Å². The van der Waals surface area contributed by atoms with Gasteiger partial charge in [-0.3, -0.25) is 0 Å². The Morgan fingerprint density at radius 2 is 1.89 bits per heavy atom. The third kappa shape index (κ3) is 5.78. The number of rotatable bonds is 8. The van der Waals surface area contributed by atoms with Crippen molar-refractivity contribution in [2.24, 2.45) is 0 Å². The predicted molar refractivity (Wildman–Crippen MR) is 84.7 cm³/mol. The van der Waals surface area contributed by atoms with E-state index in [1.54, 1.807) is 0 Å². The minimum absolute atomic E-state index is 0.595. The molecule has 0 aromatic heterocycles. The van der Waals surface area contributed by atoms with Gasteiger partial charge in [-0.15, -0.1) is 0 Å². The zero-order valence-corrected chi connectivity index (χ0v) is 12.9. The fourth-order valence-corrected chi connectivity index (χ4v) is 2.52. The Morgan fingerprint density at radius 3 is 2.44 bits per heavy atom. The van der Waals surface area contributed by atoms with Crippen LogP contribution in [0.15, 0.2) is 24.3 Å². The molecule has 1 aromatic carbocycles. The molecule has 0 heterocycles. The highest BCUT2D eigenvalue weighted by molar-refractivity contribution is 7.99. The summed E-state index contributed by atoms with van der Waals surface area (Å²) in [7, 11) is 4.14. The smallest absolute Gasteiger partial charge is 0.0361 e. The Kier molecular flexibility index (Phi) is 7.21. The van der Waals surface area contributed by atoms with Crippen molar-refractivity contribution >= 4 is 17.4 Å². The highest BCUT2D eigenvalue weighted by Gasteiger charge is 2.02. The molecule has 1 rings (SSSR count). The van der Waals surface area contributed by atoms with Crippen LogP contribution >= 0.6 is 11.8 Å². The molecule has 0 spiro atoms. The van der Waals surface area contributed by atoms with Crippen LogP contribution in [0.4, 0.5) is 5.69 Å². The molecular weight excluding hydrogens is 240 g/mol. The highest BCUT2D eigenvalue weighted by atomic mass is 32.2. The van der Waals surface area contributed by atoms with Gasteiger partial charge < -0.3 is 10.2 Å². The molecule has 18 heavy (non-hydrogen) atoms. The van der Waals surface area contributed by atoms with E-state index < -0.39 is 0 Å². The Morgan fingerprint density at radius 1 is 1.22 bits per heavy atom. The standard InChI is InChI=1S/C15H26N2S/c1-5-18-11-10-13(2)16-12-14-6-8-15(9-7-14)17(3)4/h6-9,13,16H,5,10-12H2,1-4H3. The van der Waals surface area contributed by atoms with Crippen LogP contribution in [0, 0.1) is 0 Å². The van der Waals surface area contributed by atoms with E-state index >= 15 is 0 Å². The third-order valence-electron chi connectivity index (χ3n) is 3.01. The fourth-order valence-electron chi connectivity index (χ4n) is 1.71. The second-order valence-electron chi connectivity index (χ2n) is 4.83. The van der Waals surface area contributed by atoms with Crippen molar-refractivity contribution in [3.63, 3.8) is 0 Å². The number of anilines is 1. The number of hydrogen-bond acceptors (Lipinski definition) is 3. The summed E-state index contributed by atoms with van der Waals surface area (Å²) < 4.78 is 0. The zero-order valence-electron chi connectivity index (χ0n) is 12.1. The lowest BCUT2D eigenvalue weighted by atomic mass is 10.2. The molecule has 0 aliphatic heterocycles. The van der Waals surface area contributed by atoms with Gasteiger partial charge in [0, 0.05) is 32.4 Å². The van der Waals surface area contributed by atoms with Crippen molar-refractivity contribution < 1.29 is 0 Å². The first kappa shape index (κ1) is 15.4. The maximum atomic E-state index is 3.58. The molecule has 1 atom stereocenters. The monoisotopic (exact) mass is 266 g/mol. The second kappa shape index (κ2) is 8.44. The summed E-state index contributed by atoms with van der Waals surface area (Å²) in [6, 6.07) is 9.35. The molecule has 0 fully saturated rings. The molecule has 0 aliphatic rings. The lowest BCUT2D eigenvalue weighted by Crippen LogP contribution is -2.26. The van der Waals surface area contributed by atoms with Gasteiger partial charge in [0.25, 0.3) is 0 Å². The third-order valence-corrected chi connectivity index (χ3v) is 3.94. The number of nitrogens with one attached hydrogen (secondary N) is 1. The van der Waals surface area contributed by atoms with Crippen molar-refractivity contribution in [2.75, 3.05) is 30.5 Å². The normalized spacial score (nSPS) is 12.4. The van der Waals surface area contributed by atoms with E-state index in [9.17, 15) is 0 Å². The molecule has 0 aliphatic carbocycles. The first-order valence-corrected chi connectivity index (χ1v) is 7.86. The highest BCUT2D eigenvalue weighted by Crippen LogP contribution is 2.12. The quantitative estimate of drug-likeness (QED) is 0.726. The Labute approximate surface area is 116 Å². The largest absolute Gasteiger partial charge is 0.378 e. The van der Waals surface area contributed by atoms with Gasteiger partial charge in [0.2, 0.25) is 0 Å². The van der Waals surface area contributed by atoms with Crippen molar-refractivity contribution in [1.29, 1.82) is 0 Å². The number of hydrogen-bond donors (Lipinski definition) is 1. The van der Waals surface area contributed by atoms with Crippen LogP contribution in [-0.4, -0.2) is 31.6 Å². The van der Waals surface area contributed by atoms with E-state index in [-0.39, 0.29) is 0 Å². The number of nitrogens with zero attached hydrogens (tertiary/aromatic N) is 1. The van der Waals surface area contributed by atoms with Crippen molar-refractivity contribution in [2.45, 2.75) is 32.9 Å². The molecule has 1 aromatic rings. The zero-order chi connectivity index (χ0) is 13.4. The summed E-state index contributed by atoms with van der Waals surface area (Å²) >= 11 is 2.02. The first-order chi connectivity index (χ1) is 8.63. The minimum Gasteiger partial charge on any atom is -0.378 e. The topological polar surface area (TPSA) is 15.3 Å². The average Bonchev–Trinajstić information content (AvgIpc) is 2.37. The van der Waals surface area contributed by atoms with E-state index in [0.717, 1.165) is 6.54 Å². The van der Waals surface area contributed by atoms with Gasteiger partial charge in [0.1, 0.15) is 0 Å². The van der Waals surface area contributed by atoms with Gasteiger partial charge in [0.15, 0.2) is 0 Å². The maximum Gasteiger partial charge on any atom is 0.0361 e. The molecule has 0 radical (unpaired) electrons. The molecule has 1 N–H and O–H groups in total. The van der Waals surface area contributed by atoms with Gasteiger partial charge >= 0.3 is 0 Å². The van der Waals surface area contributed by atoms with Gasteiger partial charge in [0.05, 0.1) is 0 Å². The van der Waals surface area contributed by atoms with Gasteiger partial charge in [-0.25, -0.2) is 0 Å². The van der Waals surface area contributed by atoms with Crippen molar-refractivity contribution in [3.8, 4) is 0 Å². The van der Waals surface area contributed by atoms with E-state index in [1.165, 1.54) is 29.2 Å². The molecule has 2 nitrogen and oxygen atoms in total. The molecule has 0 saturated carbocycles. The number of benzene rings is 1. The van der Waals surface area contributed by atoms with E-state index in [0.29, 0.717) is 6.04 Å². The van der Waals surface area contributed by atoms with E-state index in [1.807, 2.05) is 11.8 Å². The summed E-state index contributed by atoms with van der Waals surface area (Å²) in [6.45, 7) is 5.45. The molecule has 102 valence electrons. The first-order valence-electron chi connectivity index (χ1n) is 6.71. The predicted octanol–water partition coefficient (Wildman–Crippen LogP) is 3.37. The molecule has 1 unspecified atom stereocenters. The summed E-state index contributed by atoms with van der Waals surface area (Å²) in [5, 5.41) is 3.58. The molecular formula is C15H26N2S. The molecule has 0 amide bonds. The minimum atomic E-state index is 0.595. The molecule has 0 saturated heterocycles. The Hall–Kier alpha value is -0.670. The summed E-state index contributed by atoms with van der Waals surface area (Å²) in [5.41, 5.74) is 2.61. The Balaban J connectivity index is 2.30. The second-order valence-corrected chi connectivity index (χ2v) is 6.22. The van der Waals surface area contributed by atoms with Crippen LogP contribution in [0.2, 0.25) is 0 Å². The van der Waals surface area contributed by atoms with Crippen LogP contribution in [0.3, 0.4) is 0 Å². The SMILES string of the molecule is CCSCCC(C)NCc1ccc(N(C)C)cc1. The van der Waals surface area contributed by atoms with Crippen LogP contribution in [0.5, 0.6) is 0 Å². The maximum absolute atomic E-state index is 3.58. The van der Waals surface area contributed by atoms with E-state index in [2.05, 4.69) is 62.4 Å². The van der Waals surface area contributed by atoms with Gasteiger partial charge in [-0.2, -0.15) is 11.8 Å². The molecule has 0 bridgehead atoms. The van der Waals surface area contributed by atoms with Crippen molar-refractivity contribution in [1.82, 2.24) is 5.32 Å². The van der Waals surface area contributed by atoms with Gasteiger partial charge in [-0.1, -0.05) is 19.1 Å². The number of thioether (sulfide) groups is 1. The fraction of sp³-hybridized carbons (Fsp3) is 0.600. The lowest BCUT2D eigenvalue weighted by Gasteiger charge is -2.15. The van der Waals surface area contributed by atoms with Crippen molar-refractivity contribution in [3.05, 3.63) is 29.8 Å². The summed E-state index contributed by atoms with van der Waals surface area (Å²) in [6.07, 6.45) is 1.24. The summed E-state index contributed by atoms with van der Waals surface area (Å²) in [4.78, 5) is 2.13. The summed E-state index contributed by atoms with van der Waals surface area (Å²) in [5.74, 6) is 2.48.